The number of ether oxygens (including phenoxy) is 1. The van der Waals surface area contributed by atoms with Crippen LogP contribution < -0.4 is 10.6 Å². The van der Waals surface area contributed by atoms with Gasteiger partial charge in [-0.05, 0) is 66.3 Å². The third kappa shape index (κ3) is 6.39. The largest absolute Gasteiger partial charge is 0.416 e. The first-order valence-corrected chi connectivity index (χ1v) is 13.5. The molecule has 41 heavy (non-hydrogen) atoms. The number of halogens is 7. The van der Waals surface area contributed by atoms with Crippen LogP contribution >= 0.6 is 11.6 Å². The summed E-state index contributed by atoms with van der Waals surface area (Å²) >= 11 is 6.05. The lowest BCUT2D eigenvalue weighted by Gasteiger charge is -2.42. The summed E-state index contributed by atoms with van der Waals surface area (Å²) in [5.74, 6) is -0.581. The quantitative estimate of drug-likeness (QED) is 0.283. The van der Waals surface area contributed by atoms with Crippen molar-refractivity contribution >= 4 is 17.5 Å². The van der Waals surface area contributed by atoms with Gasteiger partial charge in [-0.3, -0.25) is 4.79 Å². The number of alkyl halides is 6. The molecule has 2 bridgehead atoms. The summed E-state index contributed by atoms with van der Waals surface area (Å²) in [4.78, 5) is 13.3. The van der Waals surface area contributed by atoms with Crippen molar-refractivity contribution in [3.63, 3.8) is 0 Å². The highest BCUT2D eigenvalue weighted by atomic mass is 35.5. The van der Waals surface area contributed by atoms with E-state index in [2.05, 4.69) is 10.6 Å². The van der Waals surface area contributed by atoms with Crippen LogP contribution in [0, 0.1) is 5.92 Å². The van der Waals surface area contributed by atoms with E-state index in [0.29, 0.717) is 36.4 Å². The Kier molecular flexibility index (Phi) is 8.11. The molecule has 2 saturated heterocycles. The number of amides is 1. The van der Waals surface area contributed by atoms with Gasteiger partial charge in [0.15, 0.2) is 0 Å². The molecule has 0 radical (unpaired) electrons. The van der Waals surface area contributed by atoms with Crippen LogP contribution in [0.4, 0.5) is 26.3 Å². The molecule has 0 aliphatic carbocycles. The van der Waals surface area contributed by atoms with Crippen molar-refractivity contribution < 1.29 is 35.9 Å². The zero-order chi connectivity index (χ0) is 29.4. The Labute approximate surface area is 238 Å². The van der Waals surface area contributed by atoms with Crippen LogP contribution in [-0.4, -0.2) is 18.1 Å². The van der Waals surface area contributed by atoms with Gasteiger partial charge < -0.3 is 15.4 Å². The van der Waals surface area contributed by atoms with Crippen molar-refractivity contribution in [2.24, 2.45) is 5.92 Å². The number of rotatable bonds is 7. The lowest BCUT2D eigenvalue weighted by molar-refractivity contribution is -0.143. The van der Waals surface area contributed by atoms with E-state index in [1.807, 2.05) is 36.4 Å². The van der Waals surface area contributed by atoms with Crippen LogP contribution in [0.5, 0.6) is 0 Å². The van der Waals surface area contributed by atoms with E-state index in [-0.39, 0.29) is 30.1 Å². The Morgan fingerprint density at radius 1 is 0.902 bits per heavy atom. The monoisotopic (exact) mass is 596 g/mol. The van der Waals surface area contributed by atoms with Crippen molar-refractivity contribution in [2.45, 2.75) is 62.5 Å². The molecule has 3 aromatic rings. The number of benzene rings is 3. The molecule has 0 aromatic heterocycles. The minimum absolute atomic E-state index is 0.102. The van der Waals surface area contributed by atoms with E-state index < -0.39 is 47.6 Å². The molecular weight excluding hydrogens is 570 g/mol. The summed E-state index contributed by atoms with van der Waals surface area (Å²) in [5.41, 5.74) is -2.17. The maximum absolute atomic E-state index is 13.4. The molecule has 2 aliphatic rings. The summed E-state index contributed by atoms with van der Waals surface area (Å²) < 4.78 is 86.4. The second-order valence-corrected chi connectivity index (χ2v) is 11.0. The average Bonchev–Trinajstić information content (AvgIpc) is 3.25. The van der Waals surface area contributed by atoms with Crippen LogP contribution in [0.3, 0.4) is 0 Å². The maximum Gasteiger partial charge on any atom is 0.416 e. The summed E-state index contributed by atoms with van der Waals surface area (Å²) in [6, 6.07) is 17.7. The Hall–Kier alpha value is -3.08. The smallest absolute Gasteiger partial charge is 0.371 e. The molecule has 2 aliphatic heterocycles. The highest BCUT2D eigenvalue weighted by molar-refractivity contribution is 6.30. The fourth-order valence-corrected chi connectivity index (χ4v) is 6.16. The molecule has 4 atom stereocenters. The van der Waals surface area contributed by atoms with E-state index in [4.69, 9.17) is 16.3 Å². The topological polar surface area (TPSA) is 50.4 Å². The van der Waals surface area contributed by atoms with Gasteiger partial charge in [-0.15, -0.1) is 0 Å². The summed E-state index contributed by atoms with van der Waals surface area (Å²) in [6.07, 6.45) is -9.13. The van der Waals surface area contributed by atoms with Gasteiger partial charge in [-0.25, -0.2) is 0 Å². The van der Waals surface area contributed by atoms with Gasteiger partial charge in [0.2, 0.25) is 5.91 Å². The lowest BCUT2D eigenvalue weighted by Crippen LogP contribution is -2.54. The Balaban J connectivity index is 1.38. The van der Waals surface area contributed by atoms with E-state index in [0.717, 1.165) is 11.1 Å². The fraction of sp³-hybridized carbons (Fsp3) is 0.367. The summed E-state index contributed by atoms with van der Waals surface area (Å²) in [6.45, 7) is -0.164. The number of nitrogens with one attached hydrogen (secondary N) is 2. The first-order chi connectivity index (χ1) is 19.3. The van der Waals surface area contributed by atoms with Crippen LogP contribution in [0.1, 0.15) is 47.1 Å². The number of hydrogen-bond donors (Lipinski definition) is 2. The van der Waals surface area contributed by atoms with Gasteiger partial charge in [0.25, 0.3) is 0 Å². The van der Waals surface area contributed by atoms with Crippen molar-refractivity contribution in [3.05, 3.63) is 106 Å². The van der Waals surface area contributed by atoms with Gasteiger partial charge >= 0.3 is 12.4 Å². The zero-order valence-electron chi connectivity index (χ0n) is 21.7. The van der Waals surface area contributed by atoms with Gasteiger partial charge in [0.1, 0.15) is 0 Å². The third-order valence-corrected chi connectivity index (χ3v) is 8.08. The lowest BCUT2D eigenvalue weighted by atomic mass is 9.80. The number of carbonyl (C=O) groups excluding carboxylic acids is 1. The van der Waals surface area contributed by atoms with Gasteiger partial charge in [-0.1, -0.05) is 54.1 Å². The van der Waals surface area contributed by atoms with Crippen molar-refractivity contribution in [1.29, 1.82) is 0 Å². The van der Waals surface area contributed by atoms with E-state index in [1.54, 1.807) is 18.2 Å². The predicted octanol–water partition coefficient (Wildman–Crippen LogP) is 7.25. The molecule has 2 heterocycles. The number of fused-ring (bicyclic) bond motifs is 2. The number of piperidine rings is 1. The fourth-order valence-electron chi connectivity index (χ4n) is 5.94. The Morgan fingerprint density at radius 2 is 1.59 bits per heavy atom. The Bertz CT molecular complexity index is 1370. The highest BCUT2D eigenvalue weighted by Crippen LogP contribution is 2.48. The SMILES string of the molecule is O=C(NCc1cccc(Cl)c1)C1CC2(c3ccccc3)NC1CCC2OCc1cc(C(F)(F)F)cc(C(F)(F)F)c1. The van der Waals surface area contributed by atoms with E-state index >= 15 is 0 Å². The van der Waals surface area contributed by atoms with Crippen LogP contribution in [0.15, 0.2) is 72.8 Å². The zero-order valence-corrected chi connectivity index (χ0v) is 22.4. The first kappa shape index (κ1) is 29.4. The van der Waals surface area contributed by atoms with E-state index in [1.165, 1.54) is 0 Å². The molecular formula is C30H27ClF6N2O2. The molecule has 5 rings (SSSR count). The second kappa shape index (κ2) is 11.3. The standard InChI is InChI=1S/C30H27ClF6N2O2/c31-23-8-4-5-18(13-23)16-38-27(40)24-15-28(20-6-2-1-3-7-20)26(10-9-25(24)39-28)41-17-19-11-21(29(32,33)34)14-22(12-19)30(35,36)37/h1-8,11-14,24-26,39H,9-10,15-17H2,(H,38,40). The maximum atomic E-state index is 13.4. The van der Waals surface area contributed by atoms with Gasteiger partial charge in [-0.2, -0.15) is 26.3 Å². The molecule has 1 amide bonds. The molecule has 4 unspecified atom stereocenters. The van der Waals surface area contributed by atoms with Crippen LogP contribution in [0.25, 0.3) is 0 Å². The van der Waals surface area contributed by atoms with Gasteiger partial charge in [0.05, 0.1) is 35.3 Å². The van der Waals surface area contributed by atoms with Gasteiger partial charge in [0, 0.05) is 17.6 Å². The Morgan fingerprint density at radius 3 is 2.22 bits per heavy atom. The second-order valence-electron chi connectivity index (χ2n) is 10.5. The normalized spacial score (nSPS) is 24.3. The molecule has 2 fully saturated rings. The molecule has 4 nitrogen and oxygen atoms in total. The average molecular weight is 597 g/mol. The van der Waals surface area contributed by atoms with Crippen LogP contribution in [0.2, 0.25) is 5.02 Å². The van der Waals surface area contributed by atoms with Crippen molar-refractivity contribution in [3.8, 4) is 0 Å². The molecule has 3 aromatic carbocycles. The molecule has 2 N–H and O–H groups in total. The molecule has 218 valence electrons. The first-order valence-electron chi connectivity index (χ1n) is 13.1. The summed E-state index contributed by atoms with van der Waals surface area (Å²) in [5, 5.41) is 7.08. The summed E-state index contributed by atoms with van der Waals surface area (Å²) in [7, 11) is 0. The minimum Gasteiger partial charge on any atom is -0.371 e. The molecule has 0 saturated carbocycles. The van der Waals surface area contributed by atoms with Crippen molar-refractivity contribution in [1.82, 2.24) is 10.6 Å². The third-order valence-electron chi connectivity index (χ3n) is 7.84. The molecule has 0 spiro atoms. The molecule has 11 heteroatoms. The minimum atomic E-state index is -4.95. The highest BCUT2D eigenvalue weighted by Gasteiger charge is 2.56. The van der Waals surface area contributed by atoms with Crippen LogP contribution in [-0.2, 0) is 40.6 Å². The van der Waals surface area contributed by atoms with E-state index in [9.17, 15) is 31.1 Å². The van der Waals surface area contributed by atoms with Crippen molar-refractivity contribution in [2.75, 3.05) is 0 Å². The number of carbonyl (C=O) groups is 1. The predicted molar refractivity (Wildman–Crippen MR) is 141 cm³/mol. The number of hydrogen-bond acceptors (Lipinski definition) is 3.